The molecule has 2 aromatic carbocycles. The van der Waals surface area contributed by atoms with Gasteiger partial charge in [-0.3, -0.25) is 4.79 Å². The maximum Gasteiger partial charge on any atom is 0.259 e. The Morgan fingerprint density at radius 1 is 1.24 bits per heavy atom. The van der Waals surface area contributed by atoms with Crippen LogP contribution in [0.3, 0.4) is 0 Å². The fourth-order valence-corrected chi connectivity index (χ4v) is 3.24. The number of anilines is 1. The Balaban J connectivity index is 1.83. The fraction of sp³-hybridized carbons (Fsp3) is 0.350. The predicted molar refractivity (Wildman–Crippen MR) is 102 cm³/mol. The molecule has 0 unspecified atom stereocenters. The monoisotopic (exact) mass is 358 g/mol. The minimum Gasteiger partial charge on any atom is -0.489 e. The molecule has 2 aromatic rings. The molecule has 0 aromatic heterocycles. The van der Waals surface area contributed by atoms with Crippen molar-refractivity contribution in [2.24, 2.45) is 0 Å². The highest BCUT2D eigenvalue weighted by Gasteiger charge is 2.18. The molecule has 25 heavy (non-hydrogen) atoms. The van der Waals surface area contributed by atoms with Crippen LogP contribution in [0, 0.1) is 0 Å². The van der Waals surface area contributed by atoms with Crippen molar-refractivity contribution in [2.75, 3.05) is 18.9 Å². The highest BCUT2D eigenvalue weighted by atomic mass is 35.5. The van der Waals surface area contributed by atoms with Crippen molar-refractivity contribution in [3.8, 4) is 5.75 Å². The van der Waals surface area contributed by atoms with E-state index in [1.165, 1.54) is 11.1 Å². The Morgan fingerprint density at radius 2 is 2.04 bits per heavy atom. The summed E-state index contributed by atoms with van der Waals surface area (Å²) in [5.74, 6) is 0.205. The Bertz CT molecular complexity index is 789. The molecule has 4 nitrogen and oxygen atoms in total. The number of carbonyl (C=O) groups is 1. The number of amides is 1. The summed E-state index contributed by atoms with van der Waals surface area (Å²) in [5, 5.41) is 3.41. The SMILES string of the molecule is CC(C)Oc1c(Cl)cccc1C(=O)Nc1ccc2c(c1)CN(C)CC2. The van der Waals surface area contributed by atoms with E-state index in [4.69, 9.17) is 16.3 Å². The van der Waals surface area contributed by atoms with Crippen LogP contribution in [0.25, 0.3) is 0 Å². The highest BCUT2D eigenvalue weighted by molar-refractivity contribution is 6.32. The number of likely N-dealkylation sites (N-methyl/N-ethyl adjacent to an activating group) is 1. The second kappa shape index (κ2) is 7.46. The molecule has 1 amide bonds. The molecule has 0 atom stereocenters. The maximum absolute atomic E-state index is 12.7. The van der Waals surface area contributed by atoms with Gasteiger partial charge >= 0.3 is 0 Å². The zero-order valence-corrected chi connectivity index (χ0v) is 15.6. The molecule has 0 bridgehead atoms. The Morgan fingerprint density at radius 3 is 2.80 bits per heavy atom. The third kappa shape index (κ3) is 4.14. The molecule has 0 fully saturated rings. The standard InChI is InChI=1S/C20H23ClN2O2/c1-13(2)25-19-17(5-4-6-18(19)21)20(24)22-16-8-7-14-9-10-23(3)12-15(14)11-16/h4-8,11,13H,9-10,12H2,1-3H3,(H,22,24). The van der Waals surface area contributed by atoms with Crippen LogP contribution in [0.15, 0.2) is 36.4 Å². The lowest BCUT2D eigenvalue weighted by Gasteiger charge is -2.25. The summed E-state index contributed by atoms with van der Waals surface area (Å²) < 4.78 is 5.74. The zero-order chi connectivity index (χ0) is 18.0. The van der Waals surface area contributed by atoms with Crippen LogP contribution >= 0.6 is 11.6 Å². The van der Waals surface area contributed by atoms with Crippen molar-refractivity contribution in [3.05, 3.63) is 58.1 Å². The van der Waals surface area contributed by atoms with Gasteiger partial charge in [0.1, 0.15) is 0 Å². The molecule has 0 saturated carbocycles. The van der Waals surface area contributed by atoms with Crippen molar-refractivity contribution in [2.45, 2.75) is 32.9 Å². The van der Waals surface area contributed by atoms with Gasteiger partial charge in [0.2, 0.25) is 0 Å². The van der Waals surface area contributed by atoms with Crippen molar-refractivity contribution < 1.29 is 9.53 Å². The van der Waals surface area contributed by atoms with Crippen LogP contribution in [0.5, 0.6) is 5.75 Å². The molecule has 0 saturated heterocycles. The van der Waals surface area contributed by atoms with Crippen LogP contribution in [-0.4, -0.2) is 30.5 Å². The molecule has 1 N–H and O–H groups in total. The smallest absolute Gasteiger partial charge is 0.259 e. The van der Waals surface area contributed by atoms with E-state index in [0.717, 1.165) is 25.2 Å². The molecule has 0 aliphatic carbocycles. The number of ether oxygens (including phenoxy) is 1. The highest BCUT2D eigenvalue weighted by Crippen LogP contribution is 2.30. The Kier molecular flexibility index (Phi) is 5.30. The van der Waals surface area contributed by atoms with Crippen LogP contribution < -0.4 is 10.1 Å². The minimum absolute atomic E-state index is 0.0641. The molecule has 1 aliphatic heterocycles. The van der Waals surface area contributed by atoms with E-state index in [0.29, 0.717) is 16.3 Å². The molecular weight excluding hydrogens is 336 g/mol. The van der Waals surface area contributed by atoms with Gasteiger partial charge in [-0.25, -0.2) is 0 Å². The minimum atomic E-state index is -0.220. The number of hydrogen-bond acceptors (Lipinski definition) is 3. The van der Waals surface area contributed by atoms with Gasteiger partial charge in [-0.1, -0.05) is 23.7 Å². The summed E-state index contributed by atoms with van der Waals surface area (Å²) in [6.07, 6.45) is 0.978. The van der Waals surface area contributed by atoms with Crippen molar-refractivity contribution in [1.82, 2.24) is 4.90 Å². The molecular formula is C20H23ClN2O2. The van der Waals surface area contributed by atoms with E-state index in [9.17, 15) is 4.79 Å². The molecule has 0 spiro atoms. The van der Waals surface area contributed by atoms with Crippen LogP contribution in [0.1, 0.15) is 35.3 Å². The van der Waals surface area contributed by atoms with E-state index in [2.05, 4.69) is 29.4 Å². The number of benzene rings is 2. The van der Waals surface area contributed by atoms with Crippen LogP contribution in [0.4, 0.5) is 5.69 Å². The largest absolute Gasteiger partial charge is 0.489 e. The normalized spacial score (nSPS) is 14.3. The third-order valence-electron chi connectivity index (χ3n) is 4.23. The summed E-state index contributed by atoms with van der Waals surface area (Å²) in [6.45, 7) is 5.78. The Hall–Kier alpha value is -2.04. The number of nitrogens with one attached hydrogen (secondary N) is 1. The zero-order valence-electron chi connectivity index (χ0n) is 14.8. The molecule has 1 heterocycles. The number of para-hydroxylation sites is 1. The van der Waals surface area contributed by atoms with E-state index in [1.807, 2.05) is 19.9 Å². The first-order chi connectivity index (χ1) is 11.9. The number of carbonyl (C=O) groups excluding carboxylic acids is 1. The number of hydrogen-bond donors (Lipinski definition) is 1. The maximum atomic E-state index is 12.7. The van der Waals surface area contributed by atoms with Gasteiger partial charge < -0.3 is 15.0 Å². The van der Waals surface area contributed by atoms with Gasteiger partial charge in [0, 0.05) is 18.8 Å². The predicted octanol–water partition coefficient (Wildman–Crippen LogP) is 4.37. The lowest BCUT2D eigenvalue weighted by molar-refractivity contribution is 0.102. The average Bonchev–Trinajstić information content (AvgIpc) is 2.56. The lowest BCUT2D eigenvalue weighted by Crippen LogP contribution is -2.26. The first-order valence-electron chi connectivity index (χ1n) is 8.51. The number of fused-ring (bicyclic) bond motifs is 1. The lowest BCUT2D eigenvalue weighted by atomic mass is 9.99. The molecule has 132 valence electrons. The molecule has 1 aliphatic rings. The van der Waals surface area contributed by atoms with Crippen molar-refractivity contribution >= 4 is 23.2 Å². The summed E-state index contributed by atoms with van der Waals surface area (Å²) in [6, 6.07) is 11.3. The first-order valence-corrected chi connectivity index (χ1v) is 8.88. The second-order valence-corrected chi connectivity index (χ2v) is 7.12. The first kappa shape index (κ1) is 17.8. The van der Waals surface area contributed by atoms with E-state index < -0.39 is 0 Å². The number of rotatable bonds is 4. The van der Waals surface area contributed by atoms with Crippen LogP contribution in [-0.2, 0) is 13.0 Å². The van der Waals surface area contributed by atoms with Crippen LogP contribution in [0.2, 0.25) is 5.02 Å². The van der Waals surface area contributed by atoms with Gasteiger partial charge in [-0.15, -0.1) is 0 Å². The topological polar surface area (TPSA) is 41.6 Å². The van der Waals surface area contributed by atoms with Gasteiger partial charge in [0.25, 0.3) is 5.91 Å². The van der Waals surface area contributed by atoms with Gasteiger partial charge in [0.05, 0.1) is 16.7 Å². The average molecular weight is 359 g/mol. The number of halogens is 1. The van der Waals surface area contributed by atoms with Gasteiger partial charge in [-0.05, 0) is 62.7 Å². The third-order valence-corrected chi connectivity index (χ3v) is 4.53. The van der Waals surface area contributed by atoms with E-state index in [-0.39, 0.29) is 12.0 Å². The second-order valence-electron chi connectivity index (χ2n) is 6.71. The number of nitrogens with zero attached hydrogens (tertiary/aromatic N) is 1. The van der Waals surface area contributed by atoms with E-state index >= 15 is 0 Å². The summed E-state index contributed by atoms with van der Waals surface area (Å²) in [4.78, 5) is 15.0. The Labute approximate surface area is 153 Å². The molecule has 0 radical (unpaired) electrons. The quantitative estimate of drug-likeness (QED) is 0.882. The summed E-state index contributed by atoms with van der Waals surface area (Å²) >= 11 is 6.22. The van der Waals surface area contributed by atoms with E-state index in [1.54, 1.807) is 18.2 Å². The fourth-order valence-electron chi connectivity index (χ4n) is 3.02. The molecule has 3 rings (SSSR count). The van der Waals surface area contributed by atoms with Crippen molar-refractivity contribution in [1.29, 1.82) is 0 Å². The summed E-state index contributed by atoms with van der Waals surface area (Å²) in [7, 11) is 2.11. The van der Waals surface area contributed by atoms with Gasteiger partial charge in [-0.2, -0.15) is 0 Å². The van der Waals surface area contributed by atoms with Gasteiger partial charge in [0.15, 0.2) is 5.75 Å². The summed E-state index contributed by atoms with van der Waals surface area (Å²) in [5.41, 5.74) is 3.84. The molecule has 5 heteroatoms. The van der Waals surface area contributed by atoms with Crippen molar-refractivity contribution in [3.63, 3.8) is 0 Å².